The Morgan fingerprint density at radius 2 is 1.93 bits per heavy atom. The molecular formula is C22H35N7O. The Morgan fingerprint density at radius 1 is 1.23 bits per heavy atom. The average Bonchev–Trinajstić information content (AvgIpc) is 3.10. The van der Waals surface area contributed by atoms with Crippen molar-refractivity contribution in [3.05, 3.63) is 29.7 Å². The molecule has 1 fully saturated rings. The summed E-state index contributed by atoms with van der Waals surface area (Å²) in [6, 6.07) is 4.14. The third kappa shape index (κ3) is 5.49. The van der Waals surface area contributed by atoms with Crippen molar-refractivity contribution in [2.75, 3.05) is 30.9 Å². The molecule has 0 bridgehead atoms. The Morgan fingerprint density at radius 3 is 2.53 bits per heavy atom. The number of aryl methyl sites for hydroxylation is 1. The number of anilines is 2. The standard InChI is InChI=1S/C22H35N7O/c1-15-13-18(27-29(15)22(2,3)4)20(30)24-14-16-7-9-17(10-8-16)25-21-23-12-11-19(26-21)28(5)6/h11-13,16-17H,7-10,14H2,1-6H3,(H,24,30)(H,23,25,26)/t16-,17+. The molecular weight excluding hydrogens is 378 g/mol. The summed E-state index contributed by atoms with van der Waals surface area (Å²) >= 11 is 0. The molecule has 0 aliphatic heterocycles. The van der Waals surface area contributed by atoms with Crippen molar-refractivity contribution in [1.82, 2.24) is 25.1 Å². The summed E-state index contributed by atoms with van der Waals surface area (Å²) in [6.45, 7) is 8.94. The van der Waals surface area contributed by atoms with Crippen LogP contribution in [0.4, 0.5) is 11.8 Å². The maximum atomic E-state index is 12.6. The highest BCUT2D eigenvalue weighted by Crippen LogP contribution is 2.26. The average molecular weight is 414 g/mol. The van der Waals surface area contributed by atoms with E-state index < -0.39 is 0 Å². The highest BCUT2D eigenvalue weighted by atomic mass is 16.1. The Labute approximate surface area is 179 Å². The molecule has 8 heteroatoms. The second-order valence-electron chi connectivity index (χ2n) is 9.46. The SMILES string of the molecule is Cc1cc(C(=O)NC[C@H]2CC[C@@H](Nc3nccc(N(C)C)n3)CC2)nn1C(C)(C)C. The molecule has 0 unspecified atom stereocenters. The molecule has 0 atom stereocenters. The van der Waals surface area contributed by atoms with Crippen molar-refractivity contribution in [1.29, 1.82) is 0 Å². The fourth-order valence-corrected chi connectivity index (χ4v) is 3.95. The maximum Gasteiger partial charge on any atom is 0.271 e. The van der Waals surface area contributed by atoms with E-state index in [1.807, 2.05) is 42.7 Å². The zero-order valence-electron chi connectivity index (χ0n) is 19.1. The number of amides is 1. The maximum absolute atomic E-state index is 12.6. The lowest BCUT2D eigenvalue weighted by Gasteiger charge is -2.29. The van der Waals surface area contributed by atoms with Crippen LogP contribution in [0.5, 0.6) is 0 Å². The van der Waals surface area contributed by atoms with Gasteiger partial charge in [-0.05, 0) is 71.4 Å². The van der Waals surface area contributed by atoms with Gasteiger partial charge in [-0.15, -0.1) is 0 Å². The van der Waals surface area contributed by atoms with Crippen molar-refractivity contribution in [3.8, 4) is 0 Å². The molecule has 0 spiro atoms. The van der Waals surface area contributed by atoms with E-state index in [1.54, 1.807) is 6.20 Å². The van der Waals surface area contributed by atoms with Gasteiger partial charge in [0.2, 0.25) is 5.95 Å². The summed E-state index contributed by atoms with van der Waals surface area (Å²) < 4.78 is 1.91. The molecule has 1 aliphatic carbocycles. The number of hydrogen-bond donors (Lipinski definition) is 2. The van der Waals surface area contributed by atoms with Crippen LogP contribution in [0.15, 0.2) is 18.3 Å². The van der Waals surface area contributed by atoms with Gasteiger partial charge in [0.15, 0.2) is 0 Å². The van der Waals surface area contributed by atoms with E-state index in [9.17, 15) is 4.79 Å². The summed E-state index contributed by atoms with van der Waals surface area (Å²) in [4.78, 5) is 23.4. The number of carbonyl (C=O) groups excluding carboxylic acids is 1. The van der Waals surface area contributed by atoms with Crippen LogP contribution in [0, 0.1) is 12.8 Å². The van der Waals surface area contributed by atoms with Gasteiger partial charge in [0.25, 0.3) is 5.91 Å². The molecule has 164 valence electrons. The van der Waals surface area contributed by atoms with Gasteiger partial charge in [-0.25, -0.2) is 4.98 Å². The second-order valence-corrected chi connectivity index (χ2v) is 9.46. The predicted octanol–water partition coefficient (Wildman–Crippen LogP) is 3.20. The molecule has 1 amide bonds. The number of carbonyl (C=O) groups is 1. The quantitative estimate of drug-likeness (QED) is 0.756. The fraction of sp³-hybridized carbons (Fsp3) is 0.636. The van der Waals surface area contributed by atoms with Gasteiger partial charge in [0, 0.05) is 38.6 Å². The first-order valence-electron chi connectivity index (χ1n) is 10.8. The fourth-order valence-electron chi connectivity index (χ4n) is 3.95. The molecule has 30 heavy (non-hydrogen) atoms. The Balaban J connectivity index is 1.46. The van der Waals surface area contributed by atoms with E-state index >= 15 is 0 Å². The molecule has 2 aromatic heterocycles. The van der Waals surface area contributed by atoms with Crippen molar-refractivity contribution in [2.24, 2.45) is 5.92 Å². The first-order valence-corrected chi connectivity index (χ1v) is 10.8. The van der Waals surface area contributed by atoms with Crippen LogP contribution in [0.2, 0.25) is 0 Å². The van der Waals surface area contributed by atoms with Crippen LogP contribution in [0.1, 0.15) is 62.6 Å². The van der Waals surface area contributed by atoms with Gasteiger partial charge < -0.3 is 15.5 Å². The van der Waals surface area contributed by atoms with E-state index in [2.05, 4.69) is 46.5 Å². The number of aromatic nitrogens is 4. The summed E-state index contributed by atoms with van der Waals surface area (Å²) in [5, 5.41) is 11.0. The lowest BCUT2D eigenvalue weighted by molar-refractivity contribution is 0.0936. The molecule has 1 saturated carbocycles. The predicted molar refractivity (Wildman–Crippen MR) is 120 cm³/mol. The third-order valence-corrected chi connectivity index (χ3v) is 5.59. The third-order valence-electron chi connectivity index (χ3n) is 5.59. The summed E-state index contributed by atoms with van der Waals surface area (Å²) in [7, 11) is 3.95. The number of nitrogens with one attached hydrogen (secondary N) is 2. The topological polar surface area (TPSA) is 88.0 Å². The van der Waals surface area contributed by atoms with Crippen LogP contribution in [0.3, 0.4) is 0 Å². The summed E-state index contributed by atoms with van der Waals surface area (Å²) in [5.74, 6) is 1.98. The van der Waals surface area contributed by atoms with Crippen LogP contribution in [0.25, 0.3) is 0 Å². The largest absolute Gasteiger partial charge is 0.363 e. The molecule has 0 saturated heterocycles. The molecule has 0 radical (unpaired) electrons. The van der Waals surface area contributed by atoms with E-state index in [1.165, 1.54) is 0 Å². The molecule has 2 heterocycles. The molecule has 2 aromatic rings. The van der Waals surface area contributed by atoms with Gasteiger partial charge >= 0.3 is 0 Å². The van der Waals surface area contributed by atoms with Crippen molar-refractivity contribution < 1.29 is 4.79 Å². The van der Waals surface area contributed by atoms with Gasteiger partial charge in [0.1, 0.15) is 11.5 Å². The van der Waals surface area contributed by atoms with Crippen LogP contribution < -0.4 is 15.5 Å². The number of nitrogens with zero attached hydrogens (tertiary/aromatic N) is 5. The monoisotopic (exact) mass is 413 g/mol. The van der Waals surface area contributed by atoms with E-state index in [-0.39, 0.29) is 11.4 Å². The van der Waals surface area contributed by atoms with Crippen LogP contribution in [-0.4, -0.2) is 52.3 Å². The summed E-state index contributed by atoms with van der Waals surface area (Å²) in [5.41, 5.74) is 1.36. The smallest absolute Gasteiger partial charge is 0.271 e. The first kappa shape index (κ1) is 22.1. The molecule has 1 aliphatic rings. The molecule has 0 aromatic carbocycles. The van der Waals surface area contributed by atoms with E-state index in [0.29, 0.717) is 30.1 Å². The summed E-state index contributed by atoms with van der Waals surface area (Å²) in [6.07, 6.45) is 6.03. The highest BCUT2D eigenvalue weighted by Gasteiger charge is 2.24. The van der Waals surface area contributed by atoms with E-state index in [4.69, 9.17) is 0 Å². The van der Waals surface area contributed by atoms with Gasteiger partial charge in [-0.1, -0.05) is 0 Å². The molecule has 3 rings (SSSR count). The Bertz CT molecular complexity index is 861. The van der Waals surface area contributed by atoms with Crippen molar-refractivity contribution in [3.63, 3.8) is 0 Å². The normalized spacial score (nSPS) is 19.4. The van der Waals surface area contributed by atoms with Crippen LogP contribution >= 0.6 is 0 Å². The van der Waals surface area contributed by atoms with Crippen LogP contribution in [-0.2, 0) is 5.54 Å². The minimum absolute atomic E-state index is 0.0877. The second kappa shape index (κ2) is 9.02. The lowest BCUT2D eigenvalue weighted by atomic mass is 9.86. The molecule has 2 N–H and O–H groups in total. The minimum Gasteiger partial charge on any atom is -0.363 e. The van der Waals surface area contributed by atoms with Gasteiger partial charge in [-0.3, -0.25) is 9.48 Å². The van der Waals surface area contributed by atoms with Crippen molar-refractivity contribution in [2.45, 2.75) is 65.0 Å². The van der Waals surface area contributed by atoms with Crippen molar-refractivity contribution >= 4 is 17.7 Å². The van der Waals surface area contributed by atoms with Gasteiger partial charge in [0.05, 0.1) is 5.54 Å². The minimum atomic E-state index is -0.135. The van der Waals surface area contributed by atoms with Gasteiger partial charge in [-0.2, -0.15) is 10.1 Å². The Kier molecular flexibility index (Phi) is 6.63. The first-order chi connectivity index (χ1) is 14.1. The highest BCUT2D eigenvalue weighted by molar-refractivity contribution is 5.92. The Hall–Kier alpha value is -2.64. The lowest BCUT2D eigenvalue weighted by Crippen LogP contribution is -2.34. The zero-order chi connectivity index (χ0) is 21.9. The van der Waals surface area contributed by atoms with E-state index in [0.717, 1.165) is 37.2 Å². The zero-order valence-corrected chi connectivity index (χ0v) is 19.1. The number of hydrogen-bond acceptors (Lipinski definition) is 6. The molecule has 8 nitrogen and oxygen atoms in total. The number of rotatable bonds is 6.